The van der Waals surface area contributed by atoms with Gasteiger partial charge < -0.3 is 10.2 Å². The van der Waals surface area contributed by atoms with Crippen LogP contribution in [0.4, 0.5) is 5.69 Å². The monoisotopic (exact) mass is 665 g/mol. The molecule has 0 saturated carbocycles. The highest BCUT2D eigenvalue weighted by Crippen LogP contribution is 2.28. The maximum atomic E-state index is 14.5. The number of carbonyl (C=O) groups is 2. The van der Waals surface area contributed by atoms with Crippen molar-refractivity contribution in [3.8, 4) is 0 Å². The van der Waals surface area contributed by atoms with Gasteiger partial charge in [0, 0.05) is 29.1 Å². The molecular formula is C35H37Cl2N3O4S. The molecule has 2 amide bonds. The van der Waals surface area contributed by atoms with Crippen LogP contribution in [0, 0.1) is 13.8 Å². The molecule has 45 heavy (non-hydrogen) atoms. The van der Waals surface area contributed by atoms with Crippen molar-refractivity contribution in [3.63, 3.8) is 0 Å². The summed E-state index contributed by atoms with van der Waals surface area (Å²) in [6, 6.07) is 26.4. The van der Waals surface area contributed by atoms with Crippen molar-refractivity contribution in [2.75, 3.05) is 10.8 Å². The minimum Gasteiger partial charge on any atom is -0.352 e. The molecule has 0 radical (unpaired) electrons. The van der Waals surface area contributed by atoms with Gasteiger partial charge in [0.15, 0.2) is 0 Å². The maximum Gasteiger partial charge on any atom is 0.264 e. The van der Waals surface area contributed by atoms with E-state index in [0.29, 0.717) is 15.7 Å². The molecule has 0 unspecified atom stereocenters. The Morgan fingerprint density at radius 1 is 0.778 bits per heavy atom. The summed E-state index contributed by atoms with van der Waals surface area (Å²) in [6.07, 6.45) is 0.228. The fourth-order valence-corrected chi connectivity index (χ4v) is 6.52. The van der Waals surface area contributed by atoms with E-state index in [1.165, 1.54) is 29.2 Å². The second kappa shape index (κ2) is 15.0. The van der Waals surface area contributed by atoms with Gasteiger partial charge in [0.2, 0.25) is 11.8 Å². The molecule has 0 aliphatic rings. The lowest BCUT2D eigenvalue weighted by molar-refractivity contribution is -0.140. The summed E-state index contributed by atoms with van der Waals surface area (Å²) in [5.41, 5.74) is 3.77. The van der Waals surface area contributed by atoms with E-state index < -0.39 is 28.5 Å². The number of nitrogens with one attached hydrogen (secondary N) is 1. The number of hydrogen-bond donors (Lipinski definition) is 1. The van der Waals surface area contributed by atoms with Crippen LogP contribution in [-0.2, 0) is 32.6 Å². The first kappa shape index (κ1) is 34.0. The lowest BCUT2D eigenvalue weighted by Gasteiger charge is -2.34. The highest BCUT2D eigenvalue weighted by molar-refractivity contribution is 7.92. The number of nitrogens with zero attached hydrogens (tertiary/aromatic N) is 2. The molecule has 0 heterocycles. The number of rotatable bonds is 12. The summed E-state index contributed by atoms with van der Waals surface area (Å²) in [7, 11) is -4.22. The smallest absolute Gasteiger partial charge is 0.264 e. The van der Waals surface area contributed by atoms with E-state index in [1.807, 2.05) is 64.1 Å². The van der Waals surface area contributed by atoms with Crippen LogP contribution in [0.3, 0.4) is 0 Å². The SMILES string of the molecule is Cc1ccc(N(CC(=O)N(Cc2ccc(Cl)cc2)[C@H](Cc2ccccc2)C(=O)NC(C)C)S(=O)(=O)c2ccc(Cl)cc2)cc1C. The van der Waals surface area contributed by atoms with Crippen molar-refractivity contribution in [1.82, 2.24) is 10.2 Å². The molecule has 0 aliphatic heterocycles. The van der Waals surface area contributed by atoms with Crippen molar-refractivity contribution >= 4 is 50.7 Å². The van der Waals surface area contributed by atoms with E-state index in [1.54, 1.807) is 36.4 Å². The number of hydrogen-bond acceptors (Lipinski definition) is 4. The molecule has 4 aromatic carbocycles. The summed E-state index contributed by atoms with van der Waals surface area (Å²) >= 11 is 12.2. The molecule has 0 fully saturated rings. The van der Waals surface area contributed by atoms with Crippen LogP contribution in [-0.4, -0.2) is 43.8 Å². The molecule has 0 saturated heterocycles. The molecule has 236 valence electrons. The van der Waals surface area contributed by atoms with Gasteiger partial charge in [-0.2, -0.15) is 0 Å². The average Bonchev–Trinajstić information content (AvgIpc) is 3.00. The average molecular weight is 667 g/mol. The highest BCUT2D eigenvalue weighted by atomic mass is 35.5. The van der Waals surface area contributed by atoms with Crippen LogP contribution >= 0.6 is 23.2 Å². The van der Waals surface area contributed by atoms with Crippen molar-refractivity contribution in [3.05, 3.63) is 129 Å². The Balaban J connectivity index is 1.82. The molecule has 0 aromatic heterocycles. The standard InChI is InChI=1S/C35H37Cl2N3O4S/c1-24(2)38-35(42)33(21-27-8-6-5-7-9-27)39(22-28-11-13-29(36)14-12-28)34(41)23-40(31-17-10-25(3)26(4)20-31)45(43,44)32-18-15-30(37)16-19-32/h5-20,24,33H,21-23H2,1-4H3,(H,38,42)/t33-/m1/s1. The third-order valence-corrected chi connectivity index (χ3v) is 9.72. The maximum absolute atomic E-state index is 14.5. The van der Waals surface area contributed by atoms with E-state index in [9.17, 15) is 18.0 Å². The van der Waals surface area contributed by atoms with E-state index in [-0.39, 0.29) is 29.8 Å². The first-order valence-electron chi connectivity index (χ1n) is 14.6. The number of carbonyl (C=O) groups excluding carboxylic acids is 2. The minimum absolute atomic E-state index is 0.0134. The van der Waals surface area contributed by atoms with Crippen LogP contribution in [0.25, 0.3) is 0 Å². The molecule has 1 N–H and O–H groups in total. The van der Waals surface area contributed by atoms with Gasteiger partial charge in [-0.05, 0) is 98.5 Å². The number of aryl methyl sites for hydroxylation is 2. The Morgan fingerprint density at radius 2 is 1.38 bits per heavy atom. The second-order valence-corrected chi connectivity index (χ2v) is 14.0. The molecule has 0 spiro atoms. The van der Waals surface area contributed by atoms with Gasteiger partial charge in [-0.15, -0.1) is 0 Å². The third-order valence-electron chi connectivity index (χ3n) is 7.43. The zero-order valence-electron chi connectivity index (χ0n) is 25.7. The highest BCUT2D eigenvalue weighted by Gasteiger charge is 2.35. The molecule has 10 heteroatoms. The molecule has 4 rings (SSSR count). The van der Waals surface area contributed by atoms with E-state index in [4.69, 9.17) is 23.2 Å². The Hall–Kier alpha value is -3.85. The van der Waals surface area contributed by atoms with Crippen LogP contribution in [0.5, 0.6) is 0 Å². The lowest BCUT2D eigenvalue weighted by atomic mass is 10.0. The zero-order chi connectivity index (χ0) is 32.7. The number of benzene rings is 4. The summed E-state index contributed by atoms with van der Waals surface area (Å²) in [5.74, 6) is -0.880. The fourth-order valence-electron chi connectivity index (χ4n) is 4.86. The van der Waals surface area contributed by atoms with E-state index in [2.05, 4.69) is 5.32 Å². The van der Waals surface area contributed by atoms with Crippen LogP contribution in [0.1, 0.15) is 36.1 Å². The molecule has 0 aliphatic carbocycles. The predicted molar refractivity (Wildman–Crippen MR) is 181 cm³/mol. The summed E-state index contributed by atoms with van der Waals surface area (Å²) in [5, 5.41) is 3.87. The summed E-state index contributed by atoms with van der Waals surface area (Å²) in [4.78, 5) is 29.7. The van der Waals surface area contributed by atoms with Gasteiger partial charge in [-0.25, -0.2) is 8.42 Å². The first-order valence-corrected chi connectivity index (χ1v) is 16.8. The van der Waals surface area contributed by atoms with E-state index >= 15 is 0 Å². The Labute approximate surface area is 275 Å². The summed E-state index contributed by atoms with van der Waals surface area (Å²) < 4.78 is 29.4. The summed E-state index contributed by atoms with van der Waals surface area (Å²) in [6.45, 7) is 7.03. The van der Waals surface area contributed by atoms with Gasteiger partial charge in [0.25, 0.3) is 10.0 Å². The van der Waals surface area contributed by atoms with Crippen LogP contribution < -0.4 is 9.62 Å². The Bertz CT molecular complexity index is 1730. The lowest BCUT2D eigenvalue weighted by Crippen LogP contribution is -2.54. The van der Waals surface area contributed by atoms with Gasteiger partial charge >= 0.3 is 0 Å². The van der Waals surface area contributed by atoms with Gasteiger partial charge in [0.1, 0.15) is 12.6 Å². The Kier molecular flexibility index (Phi) is 11.3. The third kappa shape index (κ3) is 8.87. The number of amides is 2. The van der Waals surface area contributed by atoms with Crippen molar-refractivity contribution in [2.45, 2.75) is 57.6 Å². The van der Waals surface area contributed by atoms with Crippen molar-refractivity contribution in [1.29, 1.82) is 0 Å². The predicted octanol–water partition coefficient (Wildman–Crippen LogP) is 6.97. The molecule has 7 nitrogen and oxygen atoms in total. The number of anilines is 1. The molecular weight excluding hydrogens is 629 g/mol. The minimum atomic E-state index is -4.22. The van der Waals surface area contributed by atoms with Gasteiger partial charge in [-0.1, -0.05) is 71.7 Å². The second-order valence-electron chi connectivity index (χ2n) is 11.3. The van der Waals surface area contributed by atoms with Gasteiger partial charge in [-0.3, -0.25) is 13.9 Å². The fraction of sp³-hybridized carbons (Fsp3) is 0.257. The van der Waals surface area contributed by atoms with Crippen LogP contribution in [0.2, 0.25) is 10.0 Å². The quantitative estimate of drug-likeness (QED) is 0.177. The molecule has 0 bridgehead atoms. The van der Waals surface area contributed by atoms with Crippen molar-refractivity contribution in [2.24, 2.45) is 0 Å². The van der Waals surface area contributed by atoms with E-state index in [0.717, 1.165) is 26.6 Å². The van der Waals surface area contributed by atoms with Gasteiger partial charge in [0.05, 0.1) is 10.6 Å². The topological polar surface area (TPSA) is 86.8 Å². The molecule has 1 atom stereocenters. The largest absolute Gasteiger partial charge is 0.352 e. The zero-order valence-corrected chi connectivity index (χ0v) is 28.0. The molecule has 4 aromatic rings. The number of sulfonamides is 1. The van der Waals surface area contributed by atoms with Crippen LogP contribution in [0.15, 0.2) is 102 Å². The first-order chi connectivity index (χ1) is 21.3. The Morgan fingerprint density at radius 3 is 1.96 bits per heavy atom. The van der Waals surface area contributed by atoms with Crippen molar-refractivity contribution < 1.29 is 18.0 Å². The normalized spacial score (nSPS) is 12.1. The number of halogens is 2.